The summed E-state index contributed by atoms with van der Waals surface area (Å²) in [6.07, 6.45) is -0.983. The molecule has 159 valence electrons. The van der Waals surface area contributed by atoms with Gasteiger partial charge in [0.05, 0.1) is 3.39 Å². The van der Waals surface area contributed by atoms with E-state index in [1.807, 2.05) is 0 Å². The molecule has 0 spiro atoms. The molecule has 3 aliphatic carbocycles. The first-order chi connectivity index (χ1) is 12.3. The molecule has 0 aliphatic heterocycles. The summed E-state index contributed by atoms with van der Waals surface area (Å²) in [5.41, 5.74) is -0.129. The van der Waals surface area contributed by atoms with E-state index < -0.39 is 11.2 Å². The van der Waals surface area contributed by atoms with Gasteiger partial charge >= 0.3 is 6.18 Å². The molecule has 6 heteroatoms. The highest BCUT2D eigenvalue weighted by Gasteiger charge is 2.88. The fourth-order valence-electron chi connectivity index (χ4n) is 6.55. The maximum absolute atomic E-state index is 13.0. The van der Waals surface area contributed by atoms with E-state index in [1.165, 1.54) is 12.0 Å². The van der Waals surface area contributed by atoms with Crippen LogP contribution in [0, 0.1) is 50.7 Å². The molecule has 28 heavy (non-hydrogen) atoms. The lowest BCUT2D eigenvalue weighted by molar-refractivity contribution is -0.0848. The van der Waals surface area contributed by atoms with E-state index in [2.05, 4.69) is 93.3 Å². The van der Waals surface area contributed by atoms with E-state index in [9.17, 15) is 13.2 Å². The van der Waals surface area contributed by atoms with Gasteiger partial charge in [-0.15, -0.1) is 0 Å². The molecular formula is C22H29Br2ClF3. The molecule has 3 unspecified atom stereocenters. The van der Waals surface area contributed by atoms with Gasteiger partial charge in [-0.25, -0.2) is 0 Å². The Balaban J connectivity index is 2.02. The lowest BCUT2D eigenvalue weighted by atomic mass is 9.84. The molecule has 0 aromatic carbocycles. The third-order valence-corrected chi connectivity index (χ3v) is 9.52. The number of alkyl halides is 3. The quantitative estimate of drug-likeness (QED) is 0.331. The largest absolute Gasteiger partial charge is 0.426 e. The van der Waals surface area contributed by atoms with Gasteiger partial charge in [0.2, 0.25) is 0 Å². The molecule has 0 aromatic heterocycles. The predicted molar refractivity (Wildman–Crippen MR) is 117 cm³/mol. The smallest absolute Gasteiger partial charge is 0.165 e. The number of hydrogen-bond acceptors (Lipinski definition) is 0. The summed E-state index contributed by atoms with van der Waals surface area (Å²) in [5, 5.41) is -0.998. The average molecular weight is 546 g/mol. The first kappa shape index (κ1) is 23.2. The van der Waals surface area contributed by atoms with E-state index in [0.29, 0.717) is 5.92 Å². The topological polar surface area (TPSA) is 0 Å². The molecule has 3 rings (SSSR count). The van der Waals surface area contributed by atoms with Crippen LogP contribution in [-0.2, 0) is 0 Å². The molecule has 3 fully saturated rings. The van der Waals surface area contributed by atoms with Crippen LogP contribution in [0.25, 0.3) is 0 Å². The van der Waals surface area contributed by atoms with Gasteiger partial charge in [0.25, 0.3) is 0 Å². The Morgan fingerprint density at radius 1 is 0.964 bits per heavy atom. The fourth-order valence-corrected chi connectivity index (χ4v) is 7.41. The lowest BCUT2D eigenvalue weighted by Gasteiger charge is -2.20. The molecule has 0 bridgehead atoms. The van der Waals surface area contributed by atoms with Crippen molar-refractivity contribution in [1.29, 1.82) is 0 Å². The molecule has 1 radical (unpaired) electrons. The Morgan fingerprint density at radius 2 is 1.43 bits per heavy atom. The van der Waals surface area contributed by atoms with Crippen LogP contribution >= 0.6 is 43.5 Å². The summed E-state index contributed by atoms with van der Waals surface area (Å²) >= 11 is 12.7. The molecule has 0 aromatic rings. The zero-order chi connectivity index (χ0) is 21.9. The summed E-state index contributed by atoms with van der Waals surface area (Å²) in [6, 6.07) is 0. The second kappa shape index (κ2) is 6.06. The number of allylic oxidation sites excluding steroid dienone is 3. The first-order valence-electron chi connectivity index (χ1n) is 9.65. The Hall–Kier alpha value is 0.520. The summed E-state index contributed by atoms with van der Waals surface area (Å²) in [7, 11) is 0. The van der Waals surface area contributed by atoms with Gasteiger partial charge in [0.1, 0.15) is 5.03 Å². The number of halogens is 6. The van der Waals surface area contributed by atoms with Gasteiger partial charge in [-0.05, 0) is 77.2 Å². The van der Waals surface area contributed by atoms with Crippen molar-refractivity contribution >= 4 is 43.5 Å². The van der Waals surface area contributed by atoms with Crippen molar-refractivity contribution in [3.05, 3.63) is 26.5 Å². The van der Waals surface area contributed by atoms with Gasteiger partial charge in [0.15, 0.2) is 0 Å². The van der Waals surface area contributed by atoms with Crippen molar-refractivity contribution in [2.75, 3.05) is 0 Å². The molecule has 3 saturated carbocycles. The normalized spacial score (nSPS) is 38.1. The van der Waals surface area contributed by atoms with E-state index >= 15 is 0 Å². The van der Waals surface area contributed by atoms with Crippen LogP contribution in [-0.4, -0.2) is 6.18 Å². The molecule has 3 atom stereocenters. The van der Waals surface area contributed by atoms with E-state index in [1.54, 1.807) is 0 Å². The van der Waals surface area contributed by atoms with Crippen molar-refractivity contribution in [2.24, 2.45) is 44.8 Å². The summed E-state index contributed by atoms with van der Waals surface area (Å²) in [6.45, 7) is 17.8. The summed E-state index contributed by atoms with van der Waals surface area (Å²) < 4.78 is 40.0. The third-order valence-electron chi connectivity index (χ3n) is 8.72. The Morgan fingerprint density at radius 3 is 1.79 bits per heavy atom. The van der Waals surface area contributed by atoms with Crippen LogP contribution < -0.4 is 0 Å². The minimum atomic E-state index is -4.48. The molecule has 0 heterocycles. The van der Waals surface area contributed by atoms with Crippen LogP contribution in [0.2, 0.25) is 0 Å². The highest BCUT2D eigenvalue weighted by molar-refractivity contribution is 9.28. The minimum Gasteiger partial charge on any atom is -0.165 e. The average Bonchev–Trinajstić information content (AvgIpc) is 3.24. The highest BCUT2D eigenvalue weighted by atomic mass is 79.9. The van der Waals surface area contributed by atoms with E-state index in [4.69, 9.17) is 11.6 Å². The van der Waals surface area contributed by atoms with Gasteiger partial charge < -0.3 is 0 Å². The van der Waals surface area contributed by atoms with Crippen molar-refractivity contribution < 1.29 is 13.2 Å². The van der Waals surface area contributed by atoms with Gasteiger partial charge in [-0.2, -0.15) is 13.2 Å². The second-order valence-electron chi connectivity index (χ2n) is 11.1. The van der Waals surface area contributed by atoms with Crippen LogP contribution in [0.1, 0.15) is 55.4 Å². The molecule has 0 N–H and O–H groups in total. The van der Waals surface area contributed by atoms with E-state index in [-0.39, 0.29) is 38.9 Å². The predicted octanol–water partition coefficient (Wildman–Crippen LogP) is 8.86. The Kier molecular flexibility index (Phi) is 5.02. The van der Waals surface area contributed by atoms with Crippen molar-refractivity contribution in [2.45, 2.75) is 61.6 Å². The lowest BCUT2D eigenvalue weighted by Crippen LogP contribution is -2.14. The van der Waals surface area contributed by atoms with Crippen molar-refractivity contribution in [3.8, 4) is 0 Å². The summed E-state index contributed by atoms with van der Waals surface area (Å²) in [4.78, 5) is 0. The zero-order valence-corrected chi connectivity index (χ0v) is 21.6. The first-order valence-corrected chi connectivity index (χ1v) is 11.6. The molecule has 0 nitrogen and oxygen atoms in total. The van der Waals surface area contributed by atoms with Gasteiger partial charge in [-0.3, -0.25) is 0 Å². The summed E-state index contributed by atoms with van der Waals surface area (Å²) in [5.74, 6) is 1.71. The minimum absolute atomic E-state index is 0.0786. The van der Waals surface area contributed by atoms with Crippen LogP contribution in [0.4, 0.5) is 13.2 Å². The van der Waals surface area contributed by atoms with Gasteiger partial charge in [0, 0.05) is 5.41 Å². The number of rotatable bonds is 4. The second-order valence-corrected chi connectivity index (χ2v) is 14.2. The maximum Gasteiger partial charge on any atom is 0.426 e. The van der Waals surface area contributed by atoms with Crippen LogP contribution in [0.15, 0.2) is 20.6 Å². The highest BCUT2D eigenvalue weighted by Crippen LogP contribution is 2.93. The monoisotopic (exact) mass is 543 g/mol. The zero-order valence-electron chi connectivity index (χ0n) is 17.7. The molecule has 3 aliphatic rings. The van der Waals surface area contributed by atoms with Crippen molar-refractivity contribution in [1.82, 2.24) is 0 Å². The SMILES string of the molecule is CC1(C)C(C=C(Cl)C(F)(F)F)C1[C]1C(C)(C)C1(C=C(Br)Br)C1C(C)(C)C1(C)C. The van der Waals surface area contributed by atoms with E-state index in [0.717, 1.165) is 3.39 Å². The van der Waals surface area contributed by atoms with Crippen molar-refractivity contribution in [3.63, 3.8) is 0 Å². The molecule has 0 amide bonds. The third kappa shape index (κ3) is 2.87. The van der Waals surface area contributed by atoms with Gasteiger partial charge in [-0.1, -0.05) is 79.1 Å². The standard InChI is InChI=1S/C22H29Br2ClF3/c1-17(2)11(9-12(25)22(26,27)28)14(17)15-18(3,4)21(15,10-13(23)24)16-19(5,6)20(16,7)8/h9-11,14,16H,1-8H3. The Bertz CT molecular complexity index is 742. The van der Waals surface area contributed by atoms with Crippen LogP contribution in [0.5, 0.6) is 0 Å². The molecular weight excluding hydrogens is 516 g/mol. The Labute approximate surface area is 189 Å². The molecule has 0 saturated heterocycles. The fraction of sp³-hybridized carbons (Fsp3) is 0.773. The van der Waals surface area contributed by atoms with Crippen LogP contribution in [0.3, 0.4) is 0 Å². The maximum atomic E-state index is 13.0. The number of hydrogen-bond donors (Lipinski definition) is 0.